The fraction of sp³-hybridized carbons (Fsp3) is 0.250. The van der Waals surface area contributed by atoms with Crippen LogP contribution >= 0.6 is 0 Å². The Kier molecular flexibility index (Phi) is 3.92. The number of hydrogen-bond acceptors (Lipinski definition) is 1. The molecule has 0 aromatic heterocycles. The van der Waals surface area contributed by atoms with Crippen molar-refractivity contribution in [1.82, 2.24) is 5.32 Å². The molecule has 0 saturated carbocycles. The normalized spacial score (nSPS) is 12.7. The van der Waals surface area contributed by atoms with Crippen LogP contribution in [0.1, 0.15) is 19.4 Å². The van der Waals surface area contributed by atoms with Gasteiger partial charge < -0.3 is 5.32 Å². The zero-order chi connectivity index (χ0) is 10.4. The molecule has 1 aromatic rings. The third-order valence-electron chi connectivity index (χ3n) is 1.81. The summed E-state index contributed by atoms with van der Waals surface area (Å²) < 4.78 is 0. The highest BCUT2D eigenvalue weighted by Crippen LogP contribution is 2.01. The Labute approximate surface area is 84.6 Å². The molecule has 0 spiro atoms. The first-order valence-electron chi connectivity index (χ1n) is 4.69. The molecule has 0 fully saturated rings. The van der Waals surface area contributed by atoms with Crippen molar-refractivity contribution < 1.29 is 4.79 Å². The van der Waals surface area contributed by atoms with Gasteiger partial charge in [-0.2, -0.15) is 0 Å². The first-order chi connectivity index (χ1) is 6.68. The maximum atomic E-state index is 10.7. The van der Waals surface area contributed by atoms with Gasteiger partial charge in [-0.15, -0.1) is 0 Å². The highest BCUT2D eigenvalue weighted by Gasteiger charge is 1.96. The molecule has 74 valence electrons. The lowest BCUT2D eigenvalue weighted by atomic mass is 10.2. The standard InChI is InChI=1S/C12H15NO/c1-10(13-11(2)14)8-9-12-6-4-3-5-7-12/h3-10H,1-2H3,(H,13,14)/b9-8-/t10-/m1/s1. The number of hydrogen-bond donors (Lipinski definition) is 1. The van der Waals surface area contributed by atoms with Crippen molar-refractivity contribution in [3.63, 3.8) is 0 Å². The van der Waals surface area contributed by atoms with Crippen LogP contribution in [-0.4, -0.2) is 11.9 Å². The van der Waals surface area contributed by atoms with Gasteiger partial charge in [0.25, 0.3) is 0 Å². The molecule has 0 aliphatic rings. The van der Waals surface area contributed by atoms with Crippen LogP contribution in [-0.2, 0) is 4.79 Å². The average molecular weight is 189 g/mol. The minimum Gasteiger partial charge on any atom is -0.350 e. The van der Waals surface area contributed by atoms with Gasteiger partial charge in [-0.3, -0.25) is 4.79 Å². The van der Waals surface area contributed by atoms with Gasteiger partial charge in [-0.05, 0) is 12.5 Å². The lowest BCUT2D eigenvalue weighted by molar-refractivity contribution is -0.119. The van der Waals surface area contributed by atoms with Crippen LogP contribution in [0, 0.1) is 0 Å². The second kappa shape index (κ2) is 5.22. The third-order valence-corrected chi connectivity index (χ3v) is 1.81. The van der Waals surface area contributed by atoms with E-state index in [0.717, 1.165) is 5.56 Å². The summed E-state index contributed by atoms with van der Waals surface area (Å²) in [5, 5.41) is 2.79. The van der Waals surface area contributed by atoms with E-state index in [-0.39, 0.29) is 11.9 Å². The zero-order valence-corrected chi connectivity index (χ0v) is 8.53. The Hall–Kier alpha value is -1.57. The molecule has 1 N–H and O–H groups in total. The van der Waals surface area contributed by atoms with Crippen LogP contribution in [0.2, 0.25) is 0 Å². The van der Waals surface area contributed by atoms with Crippen LogP contribution in [0.3, 0.4) is 0 Å². The summed E-state index contributed by atoms with van der Waals surface area (Å²) in [5.41, 5.74) is 1.14. The van der Waals surface area contributed by atoms with Crippen molar-refractivity contribution in [2.45, 2.75) is 19.9 Å². The van der Waals surface area contributed by atoms with E-state index >= 15 is 0 Å². The molecule has 0 heterocycles. The number of amides is 1. The SMILES string of the molecule is CC(=O)N[C@H](C)/C=C\c1ccccc1. The van der Waals surface area contributed by atoms with E-state index in [0.29, 0.717) is 0 Å². The van der Waals surface area contributed by atoms with E-state index in [9.17, 15) is 4.79 Å². The fourth-order valence-corrected chi connectivity index (χ4v) is 1.19. The van der Waals surface area contributed by atoms with Crippen LogP contribution in [0.4, 0.5) is 0 Å². The first kappa shape index (κ1) is 10.5. The molecule has 2 heteroatoms. The van der Waals surface area contributed by atoms with Gasteiger partial charge in [0.05, 0.1) is 0 Å². The molecule has 1 atom stereocenters. The minimum absolute atomic E-state index is 0.00443. The van der Waals surface area contributed by atoms with Crippen LogP contribution < -0.4 is 5.32 Å². The summed E-state index contributed by atoms with van der Waals surface area (Å²) in [6.07, 6.45) is 3.97. The highest BCUT2D eigenvalue weighted by atomic mass is 16.1. The molecule has 1 rings (SSSR count). The number of benzene rings is 1. The summed E-state index contributed by atoms with van der Waals surface area (Å²) in [4.78, 5) is 10.7. The Morgan fingerprint density at radius 3 is 2.57 bits per heavy atom. The number of rotatable bonds is 3. The molecule has 1 amide bonds. The van der Waals surface area contributed by atoms with Crippen LogP contribution in [0.15, 0.2) is 36.4 Å². The molecule has 1 aromatic carbocycles. The molecule has 0 bridgehead atoms. The lowest BCUT2D eigenvalue weighted by Gasteiger charge is -2.05. The summed E-state index contributed by atoms with van der Waals surface area (Å²) in [6.45, 7) is 3.47. The molecule has 2 nitrogen and oxygen atoms in total. The highest BCUT2D eigenvalue weighted by molar-refractivity contribution is 5.73. The fourth-order valence-electron chi connectivity index (χ4n) is 1.19. The molecular formula is C12H15NO. The predicted octanol–water partition coefficient (Wildman–Crippen LogP) is 2.22. The van der Waals surface area contributed by atoms with Gasteiger partial charge in [0.2, 0.25) is 5.91 Å². The van der Waals surface area contributed by atoms with Gasteiger partial charge in [-0.1, -0.05) is 42.5 Å². The van der Waals surface area contributed by atoms with Crippen LogP contribution in [0.25, 0.3) is 6.08 Å². The second-order valence-corrected chi connectivity index (χ2v) is 3.26. The number of carbonyl (C=O) groups excluding carboxylic acids is 1. The van der Waals surface area contributed by atoms with Crippen molar-refractivity contribution in [3.05, 3.63) is 42.0 Å². The van der Waals surface area contributed by atoms with Gasteiger partial charge in [-0.25, -0.2) is 0 Å². The summed E-state index contributed by atoms with van der Waals surface area (Å²) in [6, 6.07) is 10.1. The van der Waals surface area contributed by atoms with Gasteiger partial charge in [0.1, 0.15) is 0 Å². The smallest absolute Gasteiger partial charge is 0.217 e. The second-order valence-electron chi connectivity index (χ2n) is 3.26. The summed E-state index contributed by atoms with van der Waals surface area (Å²) in [5.74, 6) is -0.00443. The zero-order valence-electron chi connectivity index (χ0n) is 8.53. The van der Waals surface area contributed by atoms with Crippen molar-refractivity contribution in [2.24, 2.45) is 0 Å². The largest absolute Gasteiger partial charge is 0.350 e. The van der Waals surface area contributed by atoms with Gasteiger partial charge in [0.15, 0.2) is 0 Å². The van der Waals surface area contributed by atoms with E-state index in [1.165, 1.54) is 6.92 Å². The quantitative estimate of drug-likeness (QED) is 0.776. The Morgan fingerprint density at radius 2 is 2.00 bits per heavy atom. The number of nitrogens with one attached hydrogen (secondary N) is 1. The Morgan fingerprint density at radius 1 is 1.36 bits per heavy atom. The predicted molar refractivity (Wildman–Crippen MR) is 58.8 cm³/mol. The monoisotopic (exact) mass is 189 g/mol. The average Bonchev–Trinajstić information content (AvgIpc) is 2.15. The van der Waals surface area contributed by atoms with Gasteiger partial charge >= 0.3 is 0 Å². The Bertz CT molecular complexity index is 316. The van der Waals surface area contributed by atoms with E-state index in [1.54, 1.807) is 0 Å². The van der Waals surface area contributed by atoms with E-state index in [4.69, 9.17) is 0 Å². The topological polar surface area (TPSA) is 29.1 Å². The summed E-state index contributed by atoms with van der Waals surface area (Å²) >= 11 is 0. The molecule has 0 aliphatic carbocycles. The minimum atomic E-state index is -0.00443. The Balaban J connectivity index is 2.52. The maximum absolute atomic E-state index is 10.7. The van der Waals surface area contributed by atoms with E-state index in [1.807, 2.05) is 49.4 Å². The first-order valence-corrected chi connectivity index (χ1v) is 4.69. The molecule has 0 saturated heterocycles. The van der Waals surface area contributed by atoms with Crippen molar-refractivity contribution in [3.8, 4) is 0 Å². The van der Waals surface area contributed by atoms with E-state index in [2.05, 4.69) is 5.32 Å². The van der Waals surface area contributed by atoms with Crippen LogP contribution in [0.5, 0.6) is 0 Å². The lowest BCUT2D eigenvalue weighted by Crippen LogP contribution is -2.28. The van der Waals surface area contributed by atoms with Gasteiger partial charge in [0, 0.05) is 13.0 Å². The number of carbonyl (C=O) groups is 1. The van der Waals surface area contributed by atoms with E-state index < -0.39 is 0 Å². The molecule has 14 heavy (non-hydrogen) atoms. The van der Waals surface area contributed by atoms with Crippen molar-refractivity contribution in [1.29, 1.82) is 0 Å². The van der Waals surface area contributed by atoms with Crippen molar-refractivity contribution in [2.75, 3.05) is 0 Å². The summed E-state index contributed by atoms with van der Waals surface area (Å²) in [7, 11) is 0. The maximum Gasteiger partial charge on any atom is 0.217 e. The molecule has 0 unspecified atom stereocenters. The molecule has 0 aliphatic heterocycles. The molecular weight excluding hydrogens is 174 g/mol. The molecule has 0 radical (unpaired) electrons. The third kappa shape index (κ3) is 3.90. The van der Waals surface area contributed by atoms with Crippen molar-refractivity contribution >= 4 is 12.0 Å².